The fourth-order valence-corrected chi connectivity index (χ4v) is 1.64. The highest BCUT2D eigenvalue weighted by Crippen LogP contribution is 2.09. The summed E-state index contributed by atoms with van der Waals surface area (Å²) in [5.74, 6) is -0.949. The van der Waals surface area contributed by atoms with Gasteiger partial charge in [0.15, 0.2) is 0 Å². The van der Waals surface area contributed by atoms with Crippen LogP contribution in [0.4, 0.5) is 4.79 Å². The van der Waals surface area contributed by atoms with E-state index in [4.69, 9.17) is 5.11 Å². The lowest BCUT2D eigenvalue weighted by Gasteiger charge is -2.20. The number of hydrogen-bond donors (Lipinski definition) is 3. The molecule has 2 amide bonds. The number of benzene rings is 1. The molecule has 0 heterocycles. The van der Waals surface area contributed by atoms with E-state index in [1.54, 1.807) is 24.3 Å². The number of carboxylic acids is 1. The Bertz CT molecular complexity index is 464. The van der Waals surface area contributed by atoms with Crippen molar-refractivity contribution >= 4 is 12.0 Å². The third kappa shape index (κ3) is 5.42. The van der Waals surface area contributed by atoms with Gasteiger partial charge in [-0.3, -0.25) is 0 Å². The molecule has 0 aliphatic carbocycles. The molecule has 1 aromatic rings. The first kappa shape index (κ1) is 15.0. The Kier molecular flexibility index (Phi) is 4.92. The fourth-order valence-electron chi connectivity index (χ4n) is 1.64. The molecule has 5 heteroatoms. The van der Waals surface area contributed by atoms with E-state index in [-0.39, 0.29) is 17.1 Å². The number of carbonyl (C=O) groups excluding carboxylic acids is 1. The molecule has 0 bridgehead atoms. The van der Waals surface area contributed by atoms with Crippen LogP contribution in [0.3, 0.4) is 0 Å². The third-order valence-electron chi connectivity index (χ3n) is 2.42. The molecule has 3 N–H and O–H groups in total. The van der Waals surface area contributed by atoms with Gasteiger partial charge in [-0.05, 0) is 38.8 Å². The molecular formula is C14H20N2O3. The minimum Gasteiger partial charge on any atom is -0.478 e. The number of rotatable bonds is 4. The van der Waals surface area contributed by atoms with Crippen molar-refractivity contribution in [3.8, 4) is 0 Å². The average molecular weight is 264 g/mol. The summed E-state index contributed by atoms with van der Waals surface area (Å²) in [6, 6.07) is 6.55. The molecule has 5 nitrogen and oxygen atoms in total. The van der Waals surface area contributed by atoms with E-state index in [1.807, 2.05) is 20.8 Å². The van der Waals surface area contributed by atoms with Crippen molar-refractivity contribution in [1.82, 2.24) is 10.6 Å². The molecule has 1 rings (SSSR count). The lowest BCUT2D eigenvalue weighted by molar-refractivity contribution is 0.0695. The number of amides is 2. The van der Waals surface area contributed by atoms with E-state index >= 15 is 0 Å². The number of carboxylic acid groups (broad SMARTS) is 1. The standard InChI is InChI=1S/C14H20N2O3/c1-14(2,3)16-13(19)15-9-8-10-6-4-5-7-11(10)12(17)18/h4-7H,8-9H2,1-3H3,(H,17,18)(H2,15,16,19). The Labute approximate surface area is 113 Å². The molecule has 0 saturated heterocycles. The van der Waals surface area contributed by atoms with Gasteiger partial charge in [0, 0.05) is 12.1 Å². The average Bonchev–Trinajstić information content (AvgIpc) is 2.27. The van der Waals surface area contributed by atoms with Crippen molar-refractivity contribution < 1.29 is 14.7 Å². The molecular weight excluding hydrogens is 244 g/mol. The van der Waals surface area contributed by atoms with E-state index in [1.165, 1.54) is 0 Å². The second kappa shape index (κ2) is 6.22. The summed E-state index contributed by atoms with van der Waals surface area (Å²) in [4.78, 5) is 22.5. The highest BCUT2D eigenvalue weighted by molar-refractivity contribution is 5.89. The van der Waals surface area contributed by atoms with Crippen molar-refractivity contribution in [1.29, 1.82) is 0 Å². The van der Waals surface area contributed by atoms with Crippen LogP contribution in [0.5, 0.6) is 0 Å². The summed E-state index contributed by atoms with van der Waals surface area (Å²) in [7, 11) is 0. The maximum absolute atomic E-state index is 11.5. The number of hydrogen-bond acceptors (Lipinski definition) is 2. The number of aromatic carboxylic acids is 1. The molecule has 0 unspecified atom stereocenters. The van der Waals surface area contributed by atoms with E-state index < -0.39 is 5.97 Å². The van der Waals surface area contributed by atoms with Gasteiger partial charge in [0.1, 0.15) is 0 Å². The molecule has 19 heavy (non-hydrogen) atoms. The molecule has 104 valence electrons. The van der Waals surface area contributed by atoms with Crippen LogP contribution in [-0.2, 0) is 6.42 Å². The molecule has 0 spiro atoms. The monoisotopic (exact) mass is 264 g/mol. The van der Waals surface area contributed by atoms with Crippen molar-refractivity contribution in [2.24, 2.45) is 0 Å². The maximum atomic E-state index is 11.5. The van der Waals surface area contributed by atoms with Gasteiger partial charge in [-0.25, -0.2) is 9.59 Å². The highest BCUT2D eigenvalue weighted by Gasteiger charge is 2.13. The Balaban J connectivity index is 2.50. The Morgan fingerprint density at radius 3 is 2.42 bits per heavy atom. The predicted molar refractivity (Wildman–Crippen MR) is 73.4 cm³/mol. The van der Waals surface area contributed by atoms with Crippen molar-refractivity contribution in [3.05, 3.63) is 35.4 Å². The minimum atomic E-state index is -0.949. The van der Waals surface area contributed by atoms with Crippen LogP contribution in [-0.4, -0.2) is 29.2 Å². The zero-order chi connectivity index (χ0) is 14.5. The summed E-state index contributed by atoms with van der Waals surface area (Å²) < 4.78 is 0. The highest BCUT2D eigenvalue weighted by atomic mass is 16.4. The molecule has 0 saturated carbocycles. The summed E-state index contributed by atoms with van der Waals surface area (Å²) in [6.45, 7) is 6.08. The van der Waals surface area contributed by atoms with Crippen LogP contribution >= 0.6 is 0 Å². The van der Waals surface area contributed by atoms with Crippen LogP contribution in [0.15, 0.2) is 24.3 Å². The number of nitrogens with one attached hydrogen (secondary N) is 2. The van der Waals surface area contributed by atoms with Crippen molar-refractivity contribution in [2.75, 3.05) is 6.54 Å². The smallest absolute Gasteiger partial charge is 0.335 e. The molecule has 0 aromatic heterocycles. The van der Waals surface area contributed by atoms with Crippen LogP contribution in [0, 0.1) is 0 Å². The fraction of sp³-hybridized carbons (Fsp3) is 0.429. The van der Waals surface area contributed by atoms with E-state index in [0.29, 0.717) is 18.5 Å². The molecule has 0 aliphatic heterocycles. The normalized spacial score (nSPS) is 10.9. The number of carbonyl (C=O) groups is 2. The van der Waals surface area contributed by atoms with Crippen molar-refractivity contribution in [2.45, 2.75) is 32.7 Å². The summed E-state index contributed by atoms with van der Waals surface area (Å²) in [6.07, 6.45) is 0.486. The van der Waals surface area contributed by atoms with Gasteiger partial charge in [0.25, 0.3) is 0 Å². The van der Waals surface area contributed by atoms with Crippen LogP contribution < -0.4 is 10.6 Å². The van der Waals surface area contributed by atoms with Gasteiger partial charge in [0.05, 0.1) is 5.56 Å². The first-order valence-corrected chi connectivity index (χ1v) is 6.17. The first-order valence-electron chi connectivity index (χ1n) is 6.17. The Morgan fingerprint density at radius 1 is 1.21 bits per heavy atom. The predicted octanol–water partition coefficient (Wildman–Crippen LogP) is 2.02. The van der Waals surface area contributed by atoms with Gasteiger partial charge in [0.2, 0.25) is 0 Å². The molecule has 1 aromatic carbocycles. The van der Waals surface area contributed by atoms with Crippen molar-refractivity contribution in [3.63, 3.8) is 0 Å². The topological polar surface area (TPSA) is 78.4 Å². The molecule has 0 atom stereocenters. The zero-order valence-corrected chi connectivity index (χ0v) is 11.5. The second-order valence-corrected chi connectivity index (χ2v) is 5.34. The molecule has 0 aliphatic rings. The third-order valence-corrected chi connectivity index (χ3v) is 2.42. The lowest BCUT2D eigenvalue weighted by Crippen LogP contribution is -2.46. The Hall–Kier alpha value is -2.04. The van der Waals surface area contributed by atoms with E-state index in [0.717, 1.165) is 0 Å². The van der Waals surface area contributed by atoms with E-state index in [2.05, 4.69) is 10.6 Å². The van der Waals surface area contributed by atoms with Crippen LogP contribution in [0.2, 0.25) is 0 Å². The molecule has 0 radical (unpaired) electrons. The van der Waals surface area contributed by atoms with Gasteiger partial charge >= 0.3 is 12.0 Å². The second-order valence-electron chi connectivity index (χ2n) is 5.34. The van der Waals surface area contributed by atoms with Crippen LogP contribution in [0.1, 0.15) is 36.7 Å². The zero-order valence-electron chi connectivity index (χ0n) is 11.5. The van der Waals surface area contributed by atoms with Gasteiger partial charge in [-0.2, -0.15) is 0 Å². The maximum Gasteiger partial charge on any atom is 0.335 e. The summed E-state index contributed by atoms with van der Waals surface area (Å²) >= 11 is 0. The molecule has 0 fully saturated rings. The van der Waals surface area contributed by atoms with Gasteiger partial charge < -0.3 is 15.7 Å². The Morgan fingerprint density at radius 2 is 1.84 bits per heavy atom. The summed E-state index contributed by atoms with van der Waals surface area (Å²) in [5.41, 5.74) is 0.704. The minimum absolute atomic E-state index is 0.250. The largest absolute Gasteiger partial charge is 0.478 e. The van der Waals surface area contributed by atoms with Gasteiger partial charge in [-0.15, -0.1) is 0 Å². The first-order chi connectivity index (χ1) is 8.79. The van der Waals surface area contributed by atoms with Crippen LogP contribution in [0.25, 0.3) is 0 Å². The van der Waals surface area contributed by atoms with Gasteiger partial charge in [-0.1, -0.05) is 18.2 Å². The lowest BCUT2D eigenvalue weighted by atomic mass is 10.0. The van der Waals surface area contributed by atoms with E-state index in [9.17, 15) is 9.59 Å². The summed E-state index contributed by atoms with van der Waals surface area (Å²) in [5, 5.41) is 14.5. The SMILES string of the molecule is CC(C)(C)NC(=O)NCCc1ccccc1C(=O)O. The quantitative estimate of drug-likeness (QED) is 0.778. The number of urea groups is 1.